The van der Waals surface area contributed by atoms with Crippen molar-refractivity contribution >= 4 is 45.8 Å². The molecule has 1 unspecified atom stereocenters. The minimum absolute atomic E-state index is 0.199. The molecule has 1 aromatic rings. The number of benzene rings is 1. The van der Waals surface area contributed by atoms with E-state index in [0.717, 1.165) is 9.26 Å². The Morgan fingerprint density at radius 2 is 2.22 bits per heavy atom. The highest BCUT2D eigenvalue weighted by Gasteiger charge is 2.33. The molecule has 1 aromatic carbocycles. The van der Waals surface area contributed by atoms with Crippen LogP contribution < -0.4 is 16.0 Å². The molecule has 0 bridgehead atoms. The van der Waals surface area contributed by atoms with Crippen molar-refractivity contribution in [1.29, 1.82) is 0 Å². The van der Waals surface area contributed by atoms with Gasteiger partial charge in [0.1, 0.15) is 6.04 Å². The molecule has 6 heteroatoms. The lowest BCUT2D eigenvalue weighted by atomic mass is 10.1. The maximum absolute atomic E-state index is 11.8. The molecule has 1 aliphatic heterocycles. The molecule has 1 fully saturated rings. The summed E-state index contributed by atoms with van der Waals surface area (Å²) in [6.07, 6.45) is 0.652. The summed E-state index contributed by atoms with van der Waals surface area (Å²) < 4.78 is 0.938. The van der Waals surface area contributed by atoms with Crippen molar-refractivity contribution in [2.24, 2.45) is 0 Å². The van der Waals surface area contributed by atoms with Crippen molar-refractivity contribution in [3.05, 3.63) is 21.8 Å². The van der Waals surface area contributed by atoms with Gasteiger partial charge < -0.3 is 10.6 Å². The molecule has 1 aliphatic rings. The first-order chi connectivity index (χ1) is 8.52. The summed E-state index contributed by atoms with van der Waals surface area (Å²) >= 11 is 2.16. The van der Waals surface area contributed by atoms with Crippen molar-refractivity contribution in [3.63, 3.8) is 0 Å². The van der Waals surface area contributed by atoms with Crippen molar-refractivity contribution in [2.45, 2.75) is 19.4 Å². The van der Waals surface area contributed by atoms with Gasteiger partial charge in [-0.15, -0.1) is 0 Å². The standard InChI is InChI=1S/C12H14IN3O2/c1-2-9-12(18)15-11(17)6-16(9)10-4-3-7(14)5-8(10)13/h3-5,9H,2,6,14H2,1H3,(H,15,17,18). The van der Waals surface area contributed by atoms with Gasteiger partial charge in [0.15, 0.2) is 0 Å². The second kappa shape index (κ2) is 5.13. The van der Waals surface area contributed by atoms with Crippen LogP contribution in [-0.2, 0) is 9.59 Å². The number of rotatable bonds is 2. The van der Waals surface area contributed by atoms with Gasteiger partial charge in [0, 0.05) is 9.26 Å². The van der Waals surface area contributed by atoms with Gasteiger partial charge in [-0.25, -0.2) is 0 Å². The zero-order valence-corrected chi connectivity index (χ0v) is 12.1. The lowest BCUT2D eigenvalue weighted by molar-refractivity contribution is -0.132. The molecule has 1 atom stereocenters. The van der Waals surface area contributed by atoms with Crippen molar-refractivity contribution in [3.8, 4) is 0 Å². The highest BCUT2D eigenvalue weighted by Crippen LogP contribution is 2.28. The predicted octanol–water partition coefficient (Wildman–Crippen LogP) is 1.11. The van der Waals surface area contributed by atoms with Crippen LogP contribution in [-0.4, -0.2) is 24.4 Å². The fourth-order valence-electron chi connectivity index (χ4n) is 2.08. The average molecular weight is 359 g/mol. The number of hydrogen-bond acceptors (Lipinski definition) is 4. The third-order valence-electron chi connectivity index (χ3n) is 2.92. The van der Waals surface area contributed by atoms with E-state index in [9.17, 15) is 9.59 Å². The molecule has 0 spiro atoms. The summed E-state index contributed by atoms with van der Waals surface area (Å²) in [6.45, 7) is 2.13. The van der Waals surface area contributed by atoms with Gasteiger partial charge >= 0.3 is 0 Å². The normalized spacial score (nSPS) is 19.9. The number of anilines is 2. The van der Waals surface area contributed by atoms with Crippen LogP contribution in [0.15, 0.2) is 18.2 Å². The van der Waals surface area contributed by atoms with Crippen molar-refractivity contribution in [2.75, 3.05) is 17.2 Å². The number of nitrogens with one attached hydrogen (secondary N) is 1. The third kappa shape index (κ3) is 2.43. The van der Waals surface area contributed by atoms with Gasteiger partial charge in [-0.05, 0) is 47.2 Å². The zero-order chi connectivity index (χ0) is 13.3. The minimum Gasteiger partial charge on any atom is -0.399 e. The van der Waals surface area contributed by atoms with Crippen LogP contribution in [0, 0.1) is 3.57 Å². The molecule has 0 aromatic heterocycles. The van der Waals surface area contributed by atoms with E-state index in [0.29, 0.717) is 12.1 Å². The average Bonchev–Trinajstić information content (AvgIpc) is 2.28. The number of hydrogen-bond donors (Lipinski definition) is 2. The molecular weight excluding hydrogens is 345 g/mol. The van der Waals surface area contributed by atoms with Crippen LogP contribution in [0.2, 0.25) is 0 Å². The number of carbonyl (C=O) groups is 2. The Kier molecular flexibility index (Phi) is 3.74. The minimum atomic E-state index is -0.306. The van der Waals surface area contributed by atoms with E-state index < -0.39 is 0 Å². The van der Waals surface area contributed by atoms with Crippen LogP contribution in [0.25, 0.3) is 0 Å². The Morgan fingerprint density at radius 3 is 2.83 bits per heavy atom. The summed E-state index contributed by atoms with van der Waals surface area (Å²) in [4.78, 5) is 25.1. The summed E-state index contributed by atoms with van der Waals surface area (Å²) in [7, 11) is 0. The van der Waals surface area contributed by atoms with Gasteiger partial charge in [-0.1, -0.05) is 6.92 Å². The molecular formula is C12H14IN3O2. The number of imide groups is 1. The van der Waals surface area contributed by atoms with E-state index in [1.807, 2.05) is 24.0 Å². The molecule has 2 rings (SSSR count). The number of nitrogens with zero attached hydrogens (tertiary/aromatic N) is 1. The summed E-state index contributed by atoms with van der Waals surface area (Å²) in [5.41, 5.74) is 7.25. The van der Waals surface area contributed by atoms with E-state index in [4.69, 9.17) is 5.73 Å². The highest BCUT2D eigenvalue weighted by atomic mass is 127. The van der Waals surface area contributed by atoms with Gasteiger partial charge in [0.25, 0.3) is 0 Å². The molecule has 1 heterocycles. The van der Waals surface area contributed by atoms with E-state index in [1.165, 1.54) is 0 Å². The van der Waals surface area contributed by atoms with Gasteiger partial charge in [0.05, 0.1) is 12.2 Å². The first-order valence-electron chi connectivity index (χ1n) is 5.68. The Labute approximate surface area is 119 Å². The number of amides is 2. The maximum atomic E-state index is 11.8. The molecule has 0 aliphatic carbocycles. The topological polar surface area (TPSA) is 75.4 Å². The summed E-state index contributed by atoms with van der Waals surface area (Å²) in [5, 5.41) is 2.36. The number of nitrogens with two attached hydrogens (primary N) is 1. The first-order valence-corrected chi connectivity index (χ1v) is 6.76. The Balaban J connectivity index is 2.39. The SMILES string of the molecule is CCC1C(=O)NC(=O)CN1c1ccc(N)cc1I. The van der Waals surface area contributed by atoms with Crippen LogP contribution >= 0.6 is 22.6 Å². The van der Waals surface area contributed by atoms with Crippen LogP contribution in [0.1, 0.15) is 13.3 Å². The smallest absolute Gasteiger partial charge is 0.249 e. The van der Waals surface area contributed by atoms with Gasteiger partial charge in [-0.2, -0.15) is 0 Å². The lowest BCUT2D eigenvalue weighted by Gasteiger charge is -2.35. The lowest BCUT2D eigenvalue weighted by Crippen LogP contribution is -2.58. The molecule has 96 valence electrons. The first kappa shape index (κ1) is 13.1. The fraction of sp³-hybridized carbons (Fsp3) is 0.333. The molecule has 0 radical (unpaired) electrons. The van der Waals surface area contributed by atoms with Crippen LogP contribution in [0.4, 0.5) is 11.4 Å². The molecule has 3 N–H and O–H groups in total. The maximum Gasteiger partial charge on any atom is 0.249 e. The largest absolute Gasteiger partial charge is 0.399 e. The van der Waals surface area contributed by atoms with Gasteiger partial charge in [0.2, 0.25) is 11.8 Å². The van der Waals surface area contributed by atoms with E-state index in [1.54, 1.807) is 6.07 Å². The predicted molar refractivity (Wildman–Crippen MR) is 78.1 cm³/mol. The second-order valence-corrected chi connectivity index (χ2v) is 5.34. The number of halogens is 1. The van der Waals surface area contributed by atoms with Crippen LogP contribution in [0.5, 0.6) is 0 Å². The third-order valence-corrected chi connectivity index (χ3v) is 3.79. The summed E-state index contributed by atoms with van der Waals surface area (Å²) in [5.74, 6) is -0.501. The molecule has 2 amide bonds. The highest BCUT2D eigenvalue weighted by molar-refractivity contribution is 14.1. The quantitative estimate of drug-likeness (QED) is 0.471. The Hall–Kier alpha value is -1.31. The molecule has 1 saturated heterocycles. The number of carbonyl (C=O) groups excluding carboxylic acids is 2. The molecule has 18 heavy (non-hydrogen) atoms. The molecule has 5 nitrogen and oxygen atoms in total. The number of piperazine rings is 1. The summed E-state index contributed by atoms with van der Waals surface area (Å²) in [6, 6.07) is 5.16. The fourth-order valence-corrected chi connectivity index (χ4v) is 2.93. The van der Waals surface area contributed by atoms with E-state index in [-0.39, 0.29) is 24.4 Å². The van der Waals surface area contributed by atoms with E-state index >= 15 is 0 Å². The van der Waals surface area contributed by atoms with Crippen molar-refractivity contribution in [1.82, 2.24) is 5.32 Å². The second-order valence-electron chi connectivity index (χ2n) is 4.18. The van der Waals surface area contributed by atoms with Crippen LogP contribution in [0.3, 0.4) is 0 Å². The monoisotopic (exact) mass is 359 g/mol. The van der Waals surface area contributed by atoms with Gasteiger partial charge in [-0.3, -0.25) is 14.9 Å². The molecule has 0 saturated carbocycles. The Bertz CT molecular complexity index is 504. The zero-order valence-electron chi connectivity index (χ0n) is 9.94. The number of nitrogen functional groups attached to an aromatic ring is 1. The Morgan fingerprint density at radius 1 is 1.50 bits per heavy atom. The van der Waals surface area contributed by atoms with E-state index in [2.05, 4.69) is 27.9 Å². The van der Waals surface area contributed by atoms with Crippen molar-refractivity contribution < 1.29 is 9.59 Å².